The van der Waals surface area contributed by atoms with E-state index in [2.05, 4.69) is 27.3 Å². The number of aromatic nitrogens is 3. The van der Waals surface area contributed by atoms with E-state index in [4.69, 9.17) is 14.2 Å². The molecule has 26 heavy (non-hydrogen) atoms. The predicted octanol–water partition coefficient (Wildman–Crippen LogP) is 3.74. The van der Waals surface area contributed by atoms with Crippen LogP contribution in [0.4, 0.5) is 0 Å². The Balaban J connectivity index is 1.23. The number of pyridine rings is 1. The van der Waals surface area contributed by atoms with Gasteiger partial charge in [0.25, 0.3) is 0 Å². The molecular weight excluding hydrogens is 330 g/mol. The standard InChI is InChI=1S/C20H25N3O3/c1-16(26-20-12-18-13-22-23-19(18)14-21-20)8-11-24-9-5-10-25-15-17-6-3-2-4-7-17/h2-4,6-7,12-14,16H,5,8-11,15H2,1H3,(H,22,23). The third-order valence-electron chi connectivity index (χ3n) is 3.98. The van der Waals surface area contributed by atoms with Crippen molar-refractivity contribution < 1.29 is 14.2 Å². The molecule has 0 spiro atoms. The van der Waals surface area contributed by atoms with Crippen molar-refractivity contribution in [2.45, 2.75) is 32.5 Å². The first kappa shape index (κ1) is 18.4. The maximum Gasteiger partial charge on any atom is 0.214 e. The summed E-state index contributed by atoms with van der Waals surface area (Å²) < 4.78 is 17.1. The fourth-order valence-electron chi connectivity index (χ4n) is 2.53. The van der Waals surface area contributed by atoms with Crippen molar-refractivity contribution in [2.24, 2.45) is 0 Å². The van der Waals surface area contributed by atoms with Crippen molar-refractivity contribution in [2.75, 3.05) is 19.8 Å². The molecule has 3 rings (SSSR count). The van der Waals surface area contributed by atoms with Crippen LogP contribution in [0.1, 0.15) is 25.3 Å². The third kappa shape index (κ3) is 5.82. The Morgan fingerprint density at radius 3 is 2.77 bits per heavy atom. The molecule has 1 N–H and O–H groups in total. The van der Waals surface area contributed by atoms with Gasteiger partial charge >= 0.3 is 0 Å². The summed E-state index contributed by atoms with van der Waals surface area (Å²) in [5, 5.41) is 7.85. The molecule has 3 aromatic rings. The van der Waals surface area contributed by atoms with Gasteiger partial charge in [-0.05, 0) is 18.9 Å². The molecule has 1 atom stereocenters. The molecular formula is C20H25N3O3. The fourth-order valence-corrected chi connectivity index (χ4v) is 2.53. The lowest BCUT2D eigenvalue weighted by Gasteiger charge is -2.14. The Labute approximate surface area is 153 Å². The van der Waals surface area contributed by atoms with Crippen LogP contribution in [0.3, 0.4) is 0 Å². The molecule has 0 radical (unpaired) electrons. The van der Waals surface area contributed by atoms with Crippen LogP contribution in [0.2, 0.25) is 0 Å². The van der Waals surface area contributed by atoms with Crippen molar-refractivity contribution in [1.29, 1.82) is 0 Å². The summed E-state index contributed by atoms with van der Waals surface area (Å²) in [7, 11) is 0. The summed E-state index contributed by atoms with van der Waals surface area (Å²) in [6, 6.07) is 12.1. The highest BCUT2D eigenvalue weighted by Gasteiger charge is 2.07. The molecule has 0 bridgehead atoms. The van der Waals surface area contributed by atoms with Gasteiger partial charge < -0.3 is 14.2 Å². The van der Waals surface area contributed by atoms with Crippen LogP contribution in [0, 0.1) is 0 Å². The SMILES string of the molecule is CC(CCOCCCOCc1ccccc1)Oc1cc2cn[nH]c2cn1. The van der Waals surface area contributed by atoms with Gasteiger partial charge in [-0.15, -0.1) is 0 Å². The molecule has 0 aliphatic rings. The molecule has 0 fully saturated rings. The Bertz CT molecular complexity index is 776. The minimum Gasteiger partial charge on any atom is -0.475 e. The molecule has 6 nitrogen and oxygen atoms in total. The van der Waals surface area contributed by atoms with E-state index >= 15 is 0 Å². The average molecular weight is 355 g/mol. The number of aromatic amines is 1. The average Bonchev–Trinajstić information content (AvgIpc) is 3.12. The molecule has 0 saturated carbocycles. The second kappa shape index (κ2) is 9.89. The predicted molar refractivity (Wildman–Crippen MR) is 100 cm³/mol. The number of nitrogens with zero attached hydrogens (tertiary/aromatic N) is 2. The summed E-state index contributed by atoms with van der Waals surface area (Å²) in [5.74, 6) is 0.612. The van der Waals surface area contributed by atoms with Gasteiger partial charge in [-0.2, -0.15) is 5.10 Å². The Hall–Kier alpha value is -2.44. The van der Waals surface area contributed by atoms with E-state index in [0.717, 1.165) is 23.7 Å². The van der Waals surface area contributed by atoms with Gasteiger partial charge in [0.15, 0.2) is 0 Å². The van der Waals surface area contributed by atoms with Gasteiger partial charge in [0.2, 0.25) is 5.88 Å². The van der Waals surface area contributed by atoms with Crippen molar-refractivity contribution in [3.8, 4) is 5.88 Å². The van der Waals surface area contributed by atoms with E-state index in [1.165, 1.54) is 5.56 Å². The largest absolute Gasteiger partial charge is 0.475 e. The maximum atomic E-state index is 5.83. The van der Waals surface area contributed by atoms with E-state index in [1.54, 1.807) is 12.4 Å². The second-order valence-corrected chi connectivity index (χ2v) is 6.20. The zero-order valence-corrected chi connectivity index (χ0v) is 15.1. The number of rotatable bonds is 11. The summed E-state index contributed by atoms with van der Waals surface area (Å²) in [5.41, 5.74) is 2.10. The van der Waals surface area contributed by atoms with Crippen LogP contribution in [-0.4, -0.2) is 41.1 Å². The Morgan fingerprint density at radius 2 is 1.88 bits per heavy atom. The zero-order chi connectivity index (χ0) is 18.0. The van der Waals surface area contributed by atoms with Gasteiger partial charge in [-0.25, -0.2) is 4.98 Å². The minimum atomic E-state index is 0.0428. The first-order valence-electron chi connectivity index (χ1n) is 8.96. The summed E-state index contributed by atoms with van der Waals surface area (Å²) in [4.78, 5) is 4.27. The first-order chi connectivity index (χ1) is 12.8. The molecule has 0 aliphatic heterocycles. The number of fused-ring (bicyclic) bond motifs is 1. The molecule has 1 aromatic carbocycles. The lowest BCUT2D eigenvalue weighted by molar-refractivity contribution is 0.0632. The fraction of sp³-hybridized carbons (Fsp3) is 0.400. The van der Waals surface area contributed by atoms with E-state index in [1.807, 2.05) is 31.2 Å². The van der Waals surface area contributed by atoms with E-state index in [9.17, 15) is 0 Å². The highest BCUT2D eigenvalue weighted by Crippen LogP contribution is 2.17. The normalized spacial score (nSPS) is 12.3. The van der Waals surface area contributed by atoms with Gasteiger partial charge in [0.05, 0.1) is 37.2 Å². The Kier molecular flexibility index (Phi) is 6.98. The number of benzene rings is 1. The van der Waals surface area contributed by atoms with E-state index in [0.29, 0.717) is 32.3 Å². The van der Waals surface area contributed by atoms with Crippen LogP contribution < -0.4 is 4.74 Å². The number of nitrogens with one attached hydrogen (secondary N) is 1. The molecule has 6 heteroatoms. The smallest absolute Gasteiger partial charge is 0.214 e. The van der Waals surface area contributed by atoms with Crippen molar-refractivity contribution in [3.63, 3.8) is 0 Å². The van der Waals surface area contributed by atoms with Crippen LogP contribution >= 0.6 is 0 Å². The number of hydrogen-bond donors (Lipinski definition) is 1. The monoisotopic (exact) mass is 355 g/mol. The van der Waals surface area contributed by atoms with Gasteiger partial charge in [-0.1, -0.05) is 30.3 Å². The van der Waals surface area contributed by atoms with Gasteiger partial charge in [-0.3, -0.25) is 5.10 Å². The quantitative estimate of drug-likeness (QED) is 0.531. The molecule has 0 amide bonds. The first-order valence-corrected chi connectivity index (χ1v) is 8.96. The lowest BCUT2D eigenvalue weighted by atomic mass is 10.2. The molecule has 0 saturated heterocycles. The highest BCUT2D eigenvalue weighted by molar-refractivity contribution is 5.77. The van der Waals surface area contributed by atoms with Crippen LogP contribution in [-0.2, 0) is 16.1 Å². The molecule has 2 aromatic heterocycles. The number of H-pyrrole nitrogens is 1. The summed E-state index contributed by atoms with van der Waals surface area (Å²) >= 11 is 0. The van der Waals surface area contributed by atoms with Crippen molar-refractivity contribution in [1.82, 2.24) is 15.2 Å². The van der Waals surface area contributed by atoms with Crippen LogP contribution in [0.5, 0.6) is 5.88 Å². The zero-order valence-electron chi connectivity index (χ0n) is 15.1. The van der Waals surface area contributed by atoms with Crippen LogP contribution in [0.25, 0.3) is 10.9 Å². The summed E-state index contributed by atoms with van der Waals surface area (Å²) in [6.07, 6.45) is 5.24. The molecule has 138 valence electrons. The highest BCUT2D eigenvalue weighted by atomic mass is 16.5. The third-order valence-corrected chi connectivity index (χ3v) is 3.98. The minimum absolute atomic E-state index is 0.0428. The Morgan fingerprint density at radius 1 is 1.04 bits per heavy atom. The van der Waals surface area contributed by atoms with E-state index < -0.39 is 0 Å². The molecule has 1 unspecified atom stereocenters. The summed E-state index contributed by atoms with van der Waals surface area (Å²) in [6.45, 7) is 4.73. The van der Waals surface area contributed by atoms with E-state index in [-0.39, 0.29) is 6.10 Å². The molecule has 2 heterocycles. The number of ether oxygens (including phenoxy) is 3. The van der Waals surface area contributed by atoms with Crippen molar-refractivity contribution >= 4 is 10.9 Å². The van der Waals surface area contributed by atoms with Crippen LogP contribution in [0.15, 0.2) is 48.8 Å². The number of hydrogen-bond acceptors (Lipinski definition) is 5. The lowest BCUT2D eigenvalue weighted by Crippen LogP contribution is -2.15. The topological polar surface area (TPSA) is 69.3 Å². The van der Waals surface area contributed by atoms with Gasteiger partial charge in [0.1, 0.15) is 0 Å². The van der Waals surface area contributed by atoms with Crippen molar-refractivity contribution in [3.05, 3.63) is 54.4 Å². The molecule has 0 aliphatic carbocycles. The second-order valence-electron chi connectivity index (χ2n) is 6.20. The van der Waals surface area contributed by atoms with Gasteiger partial charge in [0, 0.05) is 31.1 Å². The maximum absolute atomic E-state index is 5.83.